The van der Waals surface area contributed by atoms with Crippen molar-refractivity contribution in [3.8, 4) is 0 Å². The van der Waals surface area contributed by atoms with Crippen molar-refractivity contribution in [1.29, 1.82) is 0 Å². The molecule has 0 saturated heterocycles. The van der Waals surface area contributed by atoms with Gasteiger partial charge < -0.3 is 10.0 Å². The summed E-state index contributed by atoms with van der Waals surface area (Å²) in [5, 5.41) is 17.3. The molecule has 3 heteroatoms. The monoisotopic (exact) mass is 176 g/mol. The van der Waals surface area contributed by atoms with Gasteiger partial charge in [0.1, 0.15) is 0 Å². The van der Waals surface area contributed by atoms with Crippen LogP contribution in [-0.2, 0) is 0 Å². The quantitative estimate of drug-likeness (QED) is 0.667. The third-order valence-electron chi connectivity index (χ3n) is 1.88. The minimum Gasteiger partial charge on any atom is -0.424 e. The standard InChI is InChI=1S/C10H13BO2/c1-8-3-4-9(2)10(7-8)5-6-11(12)13/h3-7,12-13H,1-2H3/b6-5+. The molecule has 0 aromatic heterocycles. The third-order valence-corrected chi connectivity index (χ3v) is 1.88. The van der Waals surface area contributed by atoms with Gasteiger partial charge in [0.15, 0.2) is 0 Å². The molecule has 0 saturated carbocycles. The summed E-state index contributed by atoms with van der Waals surface area (Å²) in [6.45, 7) is 4.00. The van der Waals surface area contributed by atoms with Crippen molar-refractivity contribution in [3.05, 3.63) is 40.9 Å². The topological polar surface area (TPSA) is 40.5 Å². The maximum atomic E-state index is 8.64. The van der Waals surface area contributed by atoms with Gasteiger partial charge in [0.2, 0.25) is 0 Å². The van der Waals surface area contributed by atoms with E-state index in [2.05, 4.69) is 0 Å². The fourth-order valence-electron chi connectivity index (χ4n) is 1.13. The van der Waals surface area contributed by atoms with Crippen LogP contribution in [0.15, 0.2) is 24.2 Å². The van der Waals surface area contributed by atoms with E-state index in [-0.39, 0.29) is 0 Å². The first-order valence-electron chi connectivity index (χ1n) is 4.21. The van der Waals surface area contributed by atoms with Crippen molar-refractivity contribution in [2.24, 2.45) is 0 Å². The van der Waals surface area contributed by atoms with E-state index < -0.39 is 7.12 Å². The Balaban J connectivity index is 2.93. The van der Waals surface area contributed by atoms with Crippen LogP contribution in [-0.4, -0.2) is 17.2 Å². The molecule has 0 spiro atoms. The molecule has 13 heavy (non-hydrogen) atoms. The molecule has 0 amide bonds. The average Bonchev–Trinajstić information content (AvgIpc) is 2.06. The molecule has 2 nitrogen and oxygen atoms in total. The molecule has 1 aromatic carbocycles. The largest absolute Gasteiger partial charge is 0.480 e. The van der Waals surface area contributed by atoms with Gasteiger partial charge in [-0.15, -0.1) is 0 Å². The Kier molecular flexibility index (Phi) is 3.28. The number of hydrogen-bond donors (Lipinski definition) is 2. The highest BCUT2D eigenvalue weighted by Crippen LogP contribution is 2.12. The fraction of sp³-hybridized carbons (Fsp3) is 0.200. The molecule has 0 aliphatic rings. The van der Waals surface area contributed by atoms with Crippen LogP contribution >= 0.6 is 0 Å². The molecule has 0 radical (unpaired) electrons. The molecular weight excluding hydrogens is 163 g/mol. The van der Waals surface area contributed by atoms with Crippen LogP contribution in [0.5, 0.6) is 0 Å². The first-order chi connectivity index (χ1) is 6.09. The number of aryl methyl sites for hydroxylation is 2. The lowest BCUT2D eigenvalue weighted by molar-refractivity contribution is 0.424. The molecule has 0 heterocycles. The zero-order valence-electron chi connectivity index (χ0n) is 7.86. The zero-order valence-corrected chi connectivity index (χ0v) is 7.86. The van der Waals surface area contributed by atoms with Gasteiger partial charge in [-0.2, -0.15) is 0 Å². The van der Waals surface area contributed by atoms with E-state index in [0.29, 0.717) is 0 Å². The van der Waals surface area contributed by atoms with Gasteiger partial charge in [-0.05, 0) is 25.0 Å². The fourth-order valence-corrected chi connectivity index (χ4v) is 1.13. The Morgan fingerprint density at radius 2 is 1.92 bits per heavy atom. The van der Waals surface area contributed by atoms with Crippen molar-refractivity contribution in [1.82, 2.24) is 0 Å². The maximum Gasteiger partial charge on any atom is 0.480 e. The summed E-state index contributed by atoms with van der Waals surface area (Å²) in [6, 6.07) is 6.05. The first-order valence-corrected chi connectivity index (χ1v) is 4.21. The molecule has 1 rings (SSSR count). The lowest BCUT2D eigenvalue weighted by Gasteiger charge is -2.01. The molecule has 2 N–H and O–H groups in total. The average molecular weight is 176 g/mol. The normalized spacial score (nSPS) is 10.8. The van der Waals surface area contributed by atoms with Crippen molar-refractivity contribution >= 4 is 13.2 Å². The van der Waals surface area contributed by atoms with Gasteiger partial charge in [-0.25, -0.2) is 0 Å². The van der Waals surface area contributed by atoms with Crippen LogP contribution in [0, 0.1) is 13.8 Å². The smallest absolute Gasteiger partial charge is 0.424 e. The molecule has 0 bridgehead atoms. The van der Waals surface area contributed by atoms with Crippen molar-refractivity contribution < 1.29 is 10.0 Å². The number of rotatable bonds is 2. The van der Waals surface area contributed by atoms with Crippen LogP contribution in [0.2, 0.25) is 0 Å². The van der Waals surface area contributed by atoms with Gasteiger partial charge in [-0.1, -0.05) is 35.8 Å². The summed E-state index contributed by atoms with van der Waals surface area (Å²) in [5.74, 6) is 1.35. The molecule has 1 aromatic rings. The van der Waals surface area contributed by atoms with Crippen molar-refractivity contribution in [2.75, 3.05) is 0 Å². The van der Waals surface area contributed by atoms with E-state index in [1.54, 1.807) is 6.08 Å². The summed E-state index contributed by atoms with van der Waals surface area (Å²) in [5.41, 5.74) is 3.31. The molecular formula is C10H13BO2. The summed E-state index contributed by atoms with van der Waals surface area (Å²) in [4.78, 5) is 0. The summed E-state index contributed by atoms with van der Waals surface area (Å²) in [7, 11) is -1.38. The van der Waals surface area contributed by atoms with E-state index in [4.69, 9.17) is 10.0 Å². The second-order valence-corrected chi connectivity index (χ2v) is 3.13. The van der Waals surface area contributed by atoms with Crippen LogP contribution < -0.4 is 0 Å². The predicted molar refractivity (Wildman–Crippen MR) is 55.1 cm³/mol. The second-order valence-electron chi connectivity index (χ2n) is 3.13. The Labute approximate surface area is 78.7 Å². The Morgan fingerprint density at radius 1 is 1.23 bits per heavy atom. The van der Waals surface area contributed by atoms with Crippen LogP contribution in [0.25, 0.3) is 6.08 Å². The van der Waals surface area contributed by atoms with Crippen LogP contribution in [0.3, 0.4) is 0 Å². The van der Waals surface area contributed by atoms with Gasteiger partial charge in [0, 0.05) is 0 Å². The minimum atomic E-state index is -1.38. The highest BCUT2D eigenvalue weighted by atomic mass is 16.4. The van der Waals surface area contributed by atoms with Crippen LogP contribution in [0.4, 0.5) is 0 Å². The van der Waals surface area contributed by atoms with Crippen molar-refractivity contribution in [2.45, 2.75) is 13.8 Å². The van der Waals surface area contributed by atoms with E-state index in [1.165, 1.54) is 5.98 Å². The van der Waals surface area contributed by atoms with E-state index >= 15 is 0 Å². The van der Waals surface area contributed by atoms with Gasteiger partial charge in [0.05, 0.1) is 0 Å². The summed E-state index contributed by atoms with van der Waals surface area (Å²) < 4.78 is 0. The van der Waals surface area contributed by atoms with Gasteiger partial charge >= 0.3 is 7.12 Å². The molecule has 0 aliphatic carbocycles. The Hall–Kier alpha value is -1.06. The Morgan fingerprint density at radius 3 is 2.54 bits per heavy atom. The summed E-state index contributed by atoms with van der Waals surface area (Å²) in [6.07, 6.45) is 1.72. The first kappa shape index (κ1) is 10.0. The second kappa shape index (κ2) is 4.26. The number of hydrogen-bond acceptors (Lipinski definition) is 2. The lowest BCUT2D eigenvalue weighted by Crippen LogP contribution is -2.05. The Bertz CT molecular complexity index is 319. The minimum absolute atomic E-state index is 1.02. The highest BCUT2D eigenvalue weighted by Gasteiger charge is 1.99. The van der Waals surface area contributed by atoms with Crippen molar-refractivity contribution in [3.63, 3.8) is 0 Å². The molecule has 0 unspecified atom stereocenters. The van der Waals surface area contributed by atoms with Gasteiger partial charge in [-0.3, -0.25) is 0 Å². The van der Waals surface area contributed by atoms with Crippen LogP contribution in [0.1, 0.15) is 16.7 Å². The summed E-state index contributed by atoms with van der Waals surface area (Å²) >= 11 is 0. The molecule has 0 fully saturated rings. The third kappa shape index (κ3) is 3.05. The molecule has 0 aliphatic heterocycles. The molecule has 68 valence electrons. The lowest BCUT2D eigenvalue weighted by atomic mass is 9.90. The van der Waals surface area contributed by atoms with E-state index in [1.807, 2.05) is 32.0 Å². The SMILES string of the molecule is Cc1ccc(C)c(/C=C/B(O)O)c1. The van der Waals surface area contributed by atoms with E-state index in [9.17, 15) is 0 Å². The predicted octanol–water partition coefficient (Wildman–Crippen LogP) is 1.33. The van der Waals surface area contributed by atoms with Gasteiger partial charge in [0.25, 0.3) is 0 Å². The maximum absolute atomic E-state index is 8.64. The van der Waals surface area contributed by atoms with E-state index in [0.717, 1.165) is 16.7 Å². The number of benzene rings is 1. The highest BCUT2D eigenvalue weighted by molar-refractivity contribution is 6.48. The zero-order chi connectivity index (χ0) is 9.84. The molecule has 0 atom stereocenters.